The zero-order valence-electron chi connectivity index (χ0n) is 26.9. The van der Waals surface area contributed by atoms with Crippen LogP contribution in [0.4, 0.5) is 22.7 Å². The molecule has 0 aliphatic heterocycles. The maximum absolute atomic E-state index is 2.44. The second-order valence-electron chi connectivity index (χ2n) is 13.5. The van der Waals surface area contributed by atoms with Gasteiger partial charge in [-0.05, 0) is 93.7 Å². The van der Waals surface area contributed by atoms with Crippen molar-refractivity contribution in [2.24, 2.45) is 0 Å². The Hall–Kier alpha value is -5.34. The molecule has 0 radical (unpaired) electrons. The molecule has 2 aliphatic carbocycles. The highest BCUT2D eigenvalue weighted by Gasteiger charge is 2.41. The number of hydrogen-bond acceptors (Lipinski definition) is 2. The Balaban J connectivity index is 1.31. The molecule has 0 fully saturated rings. The molecule has 0 saturated carbocycles. The van der Waals surface area contributed by atoms with Crippen LogP contribution in [0.5, 0.6) is 0 Å². The van der Waals surface area contributed by atoms with Crippen LogP contribution >= 0.6 is 0 Å². The molecule has 2 heteroatoms. The van der Waals surface area contributed by atoms with Gasteiger partial charge in [0.1, 0.15) is 0 Å². The quantitative estimate of drug-likeness (QED) is 0.189. The molecule has 2 nitrogen and oxygen atoms in total. The monoisotopic (exact) mass is 594 g/mol. The normalized spacial score (nSPS) is 15.6. The van der Waals surface area contributed by atoms with Crippen molar-refractivity contribution in [1.29, 1.82) is 0 Å². The molecule has 2 aliphatic rings. The summed E-state index contributed by atoms with van der Waals surface area (Å²) < 4.78 is 0. The van der Waals surface area contributed by atoms with E-state index in [1.54, 1.807) is 0 Å². The number of para-hydroxylation sites is 4. The molecule has 0 aromatic heterocycles. The Bertz CT molecular complexity index is 1890. The van der Waals surface area contributed by atoms with E-state index in [4.69, 9.17) is 0 Å². The summed E-state index contributed by atoms with van der Waals surface area (Å²) in [6.45, 7) is 9.45. The van der Waals surface area contributed by atoms with Crippen molar-refractivity contribution in [2.75, 3.05) is 9.80 Å². The van der Waals surface area contributed by atoms with Gasteiger partial charge in [-0.2, -0.15) is 0 Å². The van der Waals surface area contributed by atoms with Crippen molar-refractivity contribution in [3.8, 4) is 0 Å². The number of fused-ring (bicyclic) bond motifs is 5. The third-order valence-electron chi connectivity index (χ3n) is 10.0. The summed E-state index contributed by atoms with van der Waals surface area (Å²) in [5.74, 6) is 0. The Kier molecular flexibility index (Phi) is 6.51. The molecule has 0 unspecified atom stereocenters. The van der Waals surface area contributed by atoms with E-state index in [1.807, 2.05) is 0 Å². The van der Waals surface area contributed by atoms with E-state index in [1.165, 1.54) is 67.2 Å². The second kappa shape index (κ2) is 10.6. The largest absolute Gasteiger partial charge is 0.313 e. The predicted octanol–water partition coefficient (Wildman–Crippen LogP) is 11.8. The van der Waals surface area contributed by atoms with E-state index in [0.29, 0.717) is 0 Å². The van der Waals surface area contributed by atoms with Crippen molar-refractivity contribution < 1.29 is 0 Å². The summed E-state index contributed by atoms with van der Waals surface area (Å²) in [7, 11) is 0. The molecule has 8 rings (SSSR count). The molecule has 0 bridgehead atoms. The van der Waals surface area contributed by atoms with Crippen molar-refractivity contribution in [3.05, 3.63) is 179 Å². The molecule has 6 aromatic carbocycles. The summed E-state index contributed by atoms with van der Waals surface area (Å²) in [6, 6.07) is 52.5. The minimum Gasteiger partial charge on any atom is -0.313 e. The predicted molar refractivity (Wildman–Crippen MR) is 196 cm³/mol. The van der Waals surface area contributed by atoms with Gasteiger partial charge in [0.25, 0.3) is 0 Å². The van der Waals surface area contributed by atoms with Crippen molar-refractivity contribution in [2.45, 2.75) is 38.5 Å². The van der Waals surface area contributed by atoms with Crippen LogP contribution in [0.1, 0.15) is 49.9 Å². The summed E-state index contributed by atoms with van der Waals surface area (Å²) in [5.41, 5.74) is 12.2. The lowest BCUT2D eigenvalue weighted by Crippen LogP contribution is -2.29. The Labute approximate surface area is 272 Å². The molecule has 0 N–H and O–H groups in total. The van der Waals surface area contributed by atoms with Crippen LogP contribution in [-0.4, -0.2) is 0 Å². The summed E-state index contributed by atoms with van der Waals surface area (Å²) >= 11 is 0. The molecule has 0 heterocycles. The maximum Gasteiger partial charge on any atom is 0.0458 e. The van der Waals surface area contributed by atoms with Crippen LogP contribution in [0.3, 0.4) is 0 Å². The van der Waals surface area contributed by atoms with Gasteiger partial charge in [0.05, 0.1) is 0 Å². The molecular weight excluding hydrogens is 556 g/mol. The molecule has 0 atom stereocenters. The van der Waals surface area contributed by atoms with Crippen molar-refractivity contribution in [3.63, 3.8) is 0 Å². The minimum atomic E-state index is -0.189. The fraction of sp³-hybridized carbons (Fsp3) is 0.136. The molecule has 6 aromatic rings. The van der Waals surface area contributed by atoms with Gasteiger partial charge in [-0.25, -0.2) is 0 Å². The number of nitrogens with zero attached hydrogens (tertiary/aromatic N) is 2. The van der Waals surface area contributed by atoms with Gasteiger partial charge < -0.3 is 9.80 Å². The van der Waals surface area contributed by atoms with Crippen LogP contribution in [0.25, 0.3) is 22.9 Å². The van der Waals surface area contributed by atoms with Crippen LogP contribution in [0.15, 0.2) is 157 Å². The van der Waals surface area contributed by atoms with Gasteiger partial charge in [0.15, 0.2) is 0 Å². The van der Waals surface area contributed by atoms with E-state index in [2.05, 4.69) is 195 Å². The average Bonchev–Trinajstić information content (AvgIpc) is 3.52. The number of rotatable bonds is 6. The van der Waals surface area contributed by atoms with E-state index in [9.17, 15) is 0 Å². The highest BCUT2D eigenvalue weighted by Crippen LogP contribution is 2.52. The fourth-order valence-electron chi connectivity index (χ4n) is 7.61. The number of hydrogen-bond donors (Lipinski definition) is 0. The Morgan fingerprint density at radius 2 is 0.630 bits per heavy atom. The highest BCUT2D eigenvalue weighted by atomic mass is 15.2. The lowest BCUT2D eigenvalue weighted by Gasteiger charge is -2.35. The zero-order valence-corrected chi connectivity index (χ0v) is 26.9. The SMILES string of the molecule is CC1(C)C(N(c2ccccc2)c2ccccc2)=Cc2c1ccc1c3c(ccc21)C(C)(C)C(N(c1ccccc1)c1ccccc1)=C3. The summed E-state index contributed by atoms with van der Waals surface area (Å²) in [6.07, 6.45) is 4.88. The van der Waals surface area contributed by atoms with E-state index < -0.39 is 0 Å². The molecular formula is C44H38N2. The molecule has 46 heavy (non-hydrogen) atoms. The molecule has 0 spiro atoms. The lowest BCUT2D eigenvalue weighted by molar-refractivity contribution is 0.625. The van der Waals surface area contributed by atoms with E-state index in [-0.39, 0.29) is 10.8 Å². The van der Waals surface area contributed by atoms with Gasteiger partial charge in [-0.15, -0.1) is 0 Å². The van der Waals surface area contributed by atoms with E-state index in [0.717, 1.165) is 0 Å². The fourth-order valence-corrected chi connectivity index (χ4v) is 7.61. The third kappa shape index (κ3) is 4.32. The van der Waals surface area contributed by atoms with Crippen LogP contribution in [0.2, 0.25) is 0 Å². The molecule has 0 amide bonds. The molecule has 0 saturated heterocycles. The Morgan fingerprint density at radius 1 is 0.348 bits per heavy atom. The topological polar surface area (TPSA) is 6.48 Å². The van der Waals surface area contributed by atoms with Gasteiger partial charge in [0.2, 0.25) is 0 Å². The highest BCUT2D eigenvalue weighted by molar-refractivity contribution is 6.03. The van der Waals surface area contributed by atoms with Gasteiger partial charge in [-0.3, -0.25) is 0 Å². The smallest absolute Gasteiger partial charge is 0.0458 e. The van der Waals surface area contributed by atoms with Crippen LogP contribution in [-0.2, 0) is 10.8 Å². The first-order valence-electron chi connectivity index (χ1n) is 16.2. The summed E-state index contributed by atoms with van der Waals surface area (Å²) in [4.78, 5) is 4.86. The van der Waals surface area contributed by atoms with Crippen LogP contribution < -0.4 is 9.80 Å². The van der Waals surface area contributed by atoms with Crippen LogP contribution in [0, 0.1) is 0 Å². The number of anilines is 4. The zero-order chi connectivity index (χ0) is 31.5. The third-order valence-corrected chi connectivity index (χ3v) is 10.0. The lowest BCUT2D eigenvalue weighted by atomic mass is 9.80. The van der Waals surface area contributed by atoms with Crippen molar-refractivity contribution in [1.82, 2.24) is 0 Å². The van der Waals surface area contributed by atoms with Gasteiger partial charge in [-0.1, -0.05) is 125 Å². The second-order valence-corrected chi connectivity index (χ2v) is 13.5. The Morgan fingerprint density at radius 3 is 0.913 bits per heavy atom. The summed E-state index contributed by atoms with van der Waals surface area (Å²) in [5, 5.41) is 2.61. The standard InChI is InChI=1S/C44H38N2/c1-43(2)39-27-25-36-35(37(39)29-41(43)45(31-17-9-5-10-18-31)32-19-11-6-12-20-32)26-28-40-38(36)30-42(44(40,3)4)46(33-21-13-7-14-22-33)34-23-15-8-16-24-34/h5-30H,1-4H3. The van der Waals surface area contributed by atoms with E-state index >= 15 is 0 Å². The first kappa shape index (κ1) is 28.2. The maximum atomic E-state index is 2.44. The molecule has 224 valence electrons. The number of benzene rings is 6. The van der Waals surface area contributed by atoms with Crippen molar-refractivity contribution >= 4 is 45.7 Å². The number of allylic oxidation sites excluding steroid dienone is 2. The van der Waals surface area contributed by atoms with Gasteiger partial charge in [0, 0.05) is 45.0 Å². The minimum absolute atomic E-state index is 0.189. The van der Waals surface area contributed by atoms with Gasteiger partial charge >= 0.3 is 0 Å². The first-order chi connectivity index (χ1) is 22.4. The first-order valence-corrected chi connectivity index (χ1v) is 16.2. The average molecular weight is 595 g/mol.